The molecule has 2 saturated heterocycles. The van der Waals surface area contributed by atoms with Crippen molar-refractivity contribution >= 4 is 5.91 Å². The molecule has 2 aliphatic heterocycles. The van der Waals surface area contributed by atoms with Crippen LogP contribution in [0, 0.1) is 6.92 Å². The number of hydrogen-bond acceptors (Lipinski definition) is 4. The smallest absolute Gasteiger partial charge is 0.270 e. The van der Waals surface area contributed by atoms with E-state index >= 15 is 0 Å². The SMILES string of the molecule is Cc1ccc(CN2CCO[C@H]3CN(C(=O)c4ccc[nH]4)C[C@H]32)o1. The van der Waals surface area contributed by atoms with Gasteiger partial charge in [0.05, 0.1) is 25.3 Å². The number of fused-ring (bicyclic) bond motifs is 1. The van der Waals surface area contributed by atoms with Crippen LogP contribution in [0.3, 0.4) is 0 Å². The summed E-state index contributed by atoms with van der Waals surface area (Å²) < 4.78 is 11.6. The number of aromatic amines is 1. The molecule has 2 aromatic rings. The van der Waals surface area contributed by atoms with Gasteiger partial charge < -0.3 is 19.0 Å². The normalized spacial score (nSPS) is 24.8. The number of carbonyl (C=O) groups excluding carboxylic acids is 1. The van der Waals surface area contributed by atoms with E-state index in [0.717, 1.165) is 24.6 Å². The maximum Gasteiger partial charge on any atom is 0.270 e. The first-order valence-corrected chi connectivity index (χ1v) is 8.04. The molecule has 0 spiro atoms. The lowest BCUT2D eigenvalue weighted by molar-refractivity contribution is -0.0522. The highest BCUT2D eigenvalue weighted by Gasteiger charge is 2.42. The van der Waals surface area contributed by atoms with Crippen molar-refractivity contribution in [3.8, 4) is 0 Å². The van der Waals surface area contributed by atoms with Gasteiger partial charge in [-0.3, -0.25) is 9.69 Å². The Hall–Kier alpha value is -2.05. The van der Waals surface area contributed by atoms with Gasteiger partial charge in [0.15, 0.2) is 0 Å². The summed E-state index contributed by atoms with van der Waals surface area (Å²) in [5, 5.41) is 0. The standard InChI is InChI=1S/C17H21N3O3/c1-12-4-5-13(23-12)9-19-7-8-22-16-11-20(10-15(16)19)17(21)14-3-2-6-18-14/h2-6,15-16,18H,7-11H2,1H3/t15-,16+/m1/s1. The molecule has 1 amide bonds. The first-order chi connectivity index (χ1) is 11.2. The van der Waals surface area contributed by atoms with E-state index in [1.807, 2.05) is 36.1 Å². The third-order valence-electron chi connectivity index (χ3n) is 4.69. The Labute approximate surface area is 135 Å². The Morgan fingerprint density at radius 2 is 2.26 bits per heavy atom. The van der Waals surface area contributed by atoms with Crippen molar-refractivity contribution in [1.82, 2.24) is 14.8 Å². The number of nitrogens with one attached hydrogen (secondary N) is 1. The highest BCUT2D eigenvalue weighted by atomic mass is 16.5. The molecule has 0 aliphatic carbocycles. The first-order valence-electron chi connectivity index (χ1n) is 8.04. The lowest BCUT2D eigenvalue weighted by atomic mass is 10.1. The van der Waals surface area contributed by atoms with Gasteiger partial charge in [0.1, 0.15) is 17.2 Å². The highest BCUT2D eigenvalue weighted by molar-refractivity contribution is 5.92. The monoisotopic (exact) mass is 315 g/mol. The van der Waals surface area contributed by atoms with Gasteiger partial charge in [0.25, 0.3) is 5.91 Å². The van der Waals surface area contributed by atoms with Crippen molar-refractivity contribution in [2.45, 2.75) is 25.6 Å². The number of morpholine rings is 1. The summed E-state index contributed by atoms with van der Waals surface area (Å²) in [6.45, 7) is 5.64. The topological polar surface area (TPSA) is 61.7 Å². The number of carbonyl (C=O) groups is 1. The Morgan fingerprint density at radius 3 is 3.00 bits per heavy atom. The summed E-state index contributed by atoms with van der Waals surface area (Å²) in [7, 11) is 0. The number of furan rings is 1. The second kappa shape index (κ2) is 5.86. The van der Waals surface area contributed by atoms with E-state index < -0.39 is 0 Å². The van der Waals surface area contributed by atoms with Crippen LogP contribution in [0.2, 0.25) is 0 Å². The van der Waals surface area contributed by atoms with Crippen molar-refractivity contribution in [2.75, 3.05) is 26.2 Å². The zero-order valence-corrected chi connectivity index (χ0v) is 13.2. The van der Waals surface area contributed by atoms with Crippen LogP contribution in [0.15, 0.2) is 34.9 Å². The number of rotatable bonds is 3. The highest BCUT2D eigenvalue weighted by Crippen LogP contribution is 2.26. The number of hydrogen-bond donors (Lipinski definition) is 1. The zero-order chi connectivity index (χ0) is 15.8. The second-order valence-corrected chi connectivity index (χ2v) is 6.25. The predicted octanol–water partition coefficient (Wildman–Crippen LogP) is 1.64. The summed E-state index contributed by atoms with van der Waals surface area (Å²) in [6.07, 6.45) is 1.86. The molecule has 0 unspecified atom stereocenters. The van der Waals surface area contributed by atoms with Gasteiger partial charge in [-0.05, 0) is 31.2 Å². The maximum absolute atomic E-state index is 12.5. The van der Waals surface area contributed by atoms with Gasteiger partial charge in [0.2, 0.25) is 0 Å². The van der Waals surface area contributed by atoms with E-state index in [0.29, 0.717) is 25.4 Å². The third-order valence-corrected chi connectivity index (χ3v) is 4.69. The number of aryl methyl sites for hydroxylation is 1. The van der Waals surface area contributed by atoms with E-state index in [4.69, 9.17) is 9.15 Å². The third kappa shape index (κ3) is 2.80. The van der Waals surface area contributed by atoms with Gasteiger partial charge >= 0.3 is 0 Å². The summed E-state index contributed by atoms with van der Waals surface area (Å²) in [5.41, 5.74) is 0.636. The molecule has 2 aromatic heterocycles. The zero-order valence-electron chi connectivity index (χ0n) is 13.2. The van der Waals surface area contributed by atoms with Crippen LogP contribution in [0.25, 0.3) is 0 Å². The molecular weight excluding hydrogens is 294 g/mol. The minimum atomic E-state index is 0.0433. The molecule has 6 heteroatoms. The number of aromatic nitrogens is 1. The largest absolute Gasteiger partial charge is 0.465 e. The summed E-state index contributed by atoms with van der Waals surface area (Å²) in [6, 6.07) is 7.90. The van der Waals surface area contributed by atoms with Crippen LogP contribution in [-0.4, -0.2) is 59.1 Å². The average Bonchev–Trinajstić information content (AvgIpc) is 3.26. The Kier molecular flexibility index (Phi) is 3.71. The van der Waals surface area contributed by atoms with Gasteiger partial charge in [-0.2, -0.15) is 0 Å². The van der Waals surface area contributed by atoms with E-state index in [1.54, 1.807) is 6.20 Å². The molecular formula is C17H21N3O3. The van der Waals surface area contributed by atoms with Crippen molar-refractivity contribution < 1.29 is 13.9 Å². The van der Waals surface area contributed by atoms with Crippen molar-refractivity contribution in [3.05, 3.63) is 47.7 Å². The van der Waals surface area contributed by atoms with E-state index in [1.165, 1.54) is 0 Å². The number of ether oxygens (including phenoxy) is 1. The molecule has 6 nitrogen and oxygen atoms in total. The molecule has 0 saturated carbocycles. The van der Waals surface area contributed by atoms with E-state index in [2.05, 4.69) is 9.88 Å². The number of likely N-dealkylation sites (tertiary alicyclic amines) is 1. The van der Waals surface area contributed by atoms with Crippen LogP contribution >= 0.6 is 0 Å². The maximum atomic E-state index is 12.5. The van der Waals surface area contributed by atoms with Crippen molar-refractivity contribution in [3.63, 3.8) is 0 Å². The summed E-state index contributed by atoms with van der Waals surface area (Å²) in [5.74, 6) is 1.94. The molecule has 4 heterocycles. The predicted molar refractivity (Wildman–Crippen MR) is 84.1 cm³/mol. The van der Waals surface area contributed by atoms with Crippen LogP contribution in [0.1, 0.15) is 22.0 Å². The van der Waals surface area contributed by atoms with Crippen molar-refractivity contribution in [1.29, 1.82) is 0 Å². The minimum absolute atomic E-state index is 0.0433. The Balaban J connectivity index is 1.47. The Morgan fingerprint density at radius 1 is 1.35 bits per heavy atom. The summed E-state index contributed by atoms with van der Waals surface area (Å²) in [4.78, 5) is 19.8. The molecule has 4 rings (SSSR count). The van der Waals surface area contributed by atoms with Crippen molar-refractivity contribution in [2.24, 2.45) is 0 Å². The Bertz CT molecular complexity index is 679. The fourth-order valence-electron chi connectivity index (χ4n) is 3.52. The van der Waals surface area contributed by atoms with Gasteiger partial charge in [-0.25, -0.2) is 0 Å². The molecule has 122 valence electrons. The molecule has 0 aromatic carbocycles. The molecule has 1 N–H and O–H groups in total. The van der Waals surface area contributed by atoms with Crippen LogP contribution < -0.4 is 0 Å². The van der Waals surface area contributed by atoms with Crippen LogP contribution in [-0.2, 0) is 11.3 Å². The van der Waals surface area contributed by atoms with Gasteiger partial charge in [0, 0.05) is 25.8 Å². The lowest BCUT2D eigenvalue weighted by Crippen LogP contribution is -2.50. The van der Waals surface area contributed by atoms with Crippen LogP contribution in [0.5, 0.6) is 0 Å². The van der Waals surface area contributed by atoms with E-state index in [9.17, 15) is 4.79 Å². The number of H-pyrrole nitrogens is 1. The number of amides is 1. The summed E-state index contributed by atoms with van der Waals surface area (Å²) >= 11 is 0. The van der Waals surface area contributed by atoms with Gasteiger partial charge in [-0.1, -0.05) is 0 Å². The van der Waals surface area contributed by atoms with Gasteiger partial charge in [-0.15, -0.1) is 0 Å². The molecule has 2 fully saturated rings. The fourth-order valence-corrected chi connectivity index (χ4v) is 3.52. The molecule has 23 heavy (non-hydrogen) atoms. The molecule has 2 aliphatic rings. The van der Waals surface area contributed by atoms with E-state index in [-0.39, 0.29) is 18.1 Å². The number of nitrogens with zero attached hydrogens (tertiary/aromatic N) is 2. The second-order valence-electron chi connectivity index (χ2n) is 6.25. The minimum Gasteiger partial charge on any atom is -0.465 e. The lowest BCUT2D eigenvalue weighted by Gasteiger charge is -2.36. The molecule has 0 radical (unpaired) electrons. The average molecular weight is 315 g/mol. The molecule has 2 atom stereocenters. The fraction of sp³-hybridized carbons (Fsp3) is 0.471. The molecule has 0 bridgehead atoms. The quantitative estimate of drug-likeness (QED) is 0.935. The van der Waals surface area contributed by atoms with Crippen LogP contribution in [0.4, 0.5) is 0 Å². The first kappa shape index (κ1) is 14.5.